The Kier molecular flexibility index (Phi) is 6.14. The molecule has 0 saturated heterocycles. The van der Waals surface area contributed by atoms with Crippen LogP contribution >= 0.6 is 0 Å². The molecule has 5 rings (SSSR count). The van der Waals surface area contributed by atoms with Crippen molar-refractivity contribution in [3.63, 3.8) is 0 Å². The third kappa shape index (κ3) is 4.52. The number of fused-ring (bicyclic) bond motifs is 3. The zero-order valence-corrected chi connectivity index (χ0v) is 20.1. The summed E-state index contributed by atoms with van der Waals surface area (Å²) in [5.41, 5.74) is 10.5. The highest BCUT2D eigenvalue weighted by molar-refractivity contribution is 5.93. The number of hydrogen-bond acceptors (Lipinski definition) is 6. The van der Waals surface area contributed by atoms with E-state index in [-0.39, 0.29) is 17.9 Å². The summed E-state index contributed by atoms with van der Waals surface area (Å²) in [6, 6.07) is 8.48. The summed E-state index contributed by atoms with van der Waals surface area (Å²) in [5.74, 6) is 0.316. The number of halogens is 3. The molecule has 2 aromatic heterocycles. The molecule has 192 valence electrons. The molecule has 0 spiro atoms. The van der Waals surface area contributed by atoms with Crippen LogP contribution in [0.25, 0.3) is 16.7 Å². The Morgan fingerprint density at radius 2 is 1.92 bits per heavy atom. The number of anilines is 2. The number of rotatable bonds is 6. The molecule has 2 heterocycles. The van der Waals surface area contributed by atoms with Gasteiger partial charge in [-0.15, -0.1) is 0 Å². The van der Waals surface area contributed by atoms with Crippen molar-refractivity contribution in [2.75, 3.05) is 25.3 Å². The van der Waals surface area contributed by atoms with Crippen molar-refractivity contribution < 1.29 is 27.4 Å². The summed E-state index contributed by atoms with van der Waals surface area (Å²) in [7, 11) is 2.75. The van der Waals surface area contributed by atoms with E-state index in [9.17, 15) is 18.0 Å². The lowest BCUT2D eigenvalue weighted by Gasteiger charge is -2.15. The Morgan fingerprint density at radius 3 is 2.65 bits per heavy atom. The van der Waals surface area contributed by atoms with Crippen LogP contribution < -0.4 is 20.5 Å². The topological polar surface area (TPSA) is 104 Å². The fourth-order valence-corrected chi connectivity index (χ4v) is 4.83. The van der Waals surface area contributed by atoms with Crippen molar-refractivity contribution in [2.45, 2.75) is 31.9 Å². The Balaban J connectivity index is 1.45. The second-order valence-electron chi connectivity index (χ2n) is 8.74. The summed E-state index contributed by atoms with van der Waals surface area (Å²) in [5, 5.41) is 2.52. The number of hydrogen-bond donors (Lipinski definition) is 2. The van der Waals surface area contributed by atoms with E-state index in [0.29, 0.717) is 17.1 Å². The molecule has 11 heteroatoms. The second-order valence-corrected chi connectivity index (χ2v) is 8.74. The van der Waals surface area contributed by atoms with E-state index in [0.717, 1.165) is 59.4 Å². The van der Waals surface area contributed by atoms with Crippen LogP contribution in [0.5, 0.6) is 11.5 Å². The fourth-order valence-electron chi connectivity index (χ4n) is 4.83. The molecule has 0 saturated carbocycles. The van der Waals surface area contributed by atoms with Crippen LogP contribution in [-0.4, -0.2) is 34.7 Å². The van der Waals surface area contributed by atoms with Crippen LogP contribution in [-0.2, 0) is 30.2 Å². The molecule has 1 aliphatic rings. The number of ether oxygens (including phenoxy) is 2. The van der Waals surface area contributed by atoms with Crippen molar-refractivity contribution in [1.82, 2.24) is 14.5 Å². The molecule has 4 aromatic rings. The molecule has 0 aliphatic heterocycles. The Bertz CT molecular complexity index is 1510. The number of methoxy groups -OCH3 is 2. The summed E-state index contributed by atoms with van der Waals surface area (Å²) < 4.78 is 52.2. The van der Waals surface area contributed by atoms with Gasteiger partial charge in [-0.2, -0.15) is 13.2 Å². The molecule has 1 amide bonds. The molecule has 0 unspecified atom stereocenters. The van der Waals surface area contributed by atoms with Gasteiger partial charge in [-0.1, -0.05) is 6.07 Å². The van der Waals surface area contributed by atoms with Gasteiger partial charge in [0.25, 0.3) is 0 Å². The van der Waals surface area contributed by atoms with Gasteiger partial charge >= 0.3 is 6.18 Å². The van der Waals surface area contributed by atoms with Gasteiger partial charge in [0.2, 0.25) is 5.91 Å². The summed E-state index contributed by atoms with van der Waals surface area (Å²) in [6.45, 7) is 0. The van der Waals surface area contributed by atoms with Gasteiger partial charge < -0.3 is 25.1 Å². The normalized spacial score (nSPS) is 13.0. The van der Waals surface area contributed by atoms with Gasteiger partial charge in [-0.3, -0.25) is 4.79 Å². The monoisotopic (exact) mass is 511 g/mol. The molecule has 0 radical (unpaired) electrons. The highest BCUT2D eigenvalue weighted by Crippen LogP contribution is 2.38. The van der Waals surface area contributed by atoms with E-state index in [1.54, 1.807) is 12.1 Å². The molecule has 37 heavy (non-hydrogen) atoms. The first kappa shape index (κ1) is 24.4. The van der Waals surface area contributed by atoms with E-state index >= 15 is 0 Å². The third-order valence-electron chi connectivity index (χ3n) is 6.45. The Labute approximate surface area is 210 Å². The summed E-state index contributed by atoms with van der Waals surface area (Å²) >= 11 is 0. The average Bonchev–Trinajstić information content (AvgIpc) is 3.45. The van der Waals surface area contributed by atoms with Crippen molar-refractivity contribution in [3.05, 3.63) is 65.1 Å². The van der Waals surface area contributed by atoms with Gasteiger partial charge in [0.15, 0.2) is 5.82 Å². The number of benzene rings is 2. The minimum Gasteiger partial charge on any atom is -0.497 e. The Morgan fingerprint density at radius 1 is 1.11 bits per heavy atom. The van der Waals surface area contributed by atoms with E-state index in [2.05, 4.69) is 15.3 Å². The van der Waals surface area contributed by atoms with Crippen LogP contribution in [0.4, 0.5) is 24.7 Å². The maximum Gasteiger partial charge on any atom is 0.416 e. The van der Waals surface area contributed by atoms with E-state index < -0.39 is 17.6 Å². The molecular weight excluding hydrogens is 487 g/mol. The quantitative estimate of drug-likeness (QED) is 0.389. The minimum absolute atomic E-state index is 0.0122. The first-order chi connectivity index (χ1) is 17.7. The molecule has 2 aromatic carbocycles. The van der Waals surface area contributed by atoms with E-state index in [4.69, 9.17) is 15.2 Å². The van der Waals surface area contributed by atoms with Crippen molar-refractivity contribution in [3.8, 4) is 17.2 Å². The number of amides is 1. The molecular formula is C26H24F3N5O3. The number of alkyl halides is 3. The lowest BCUT2D eigenvalue weighted by atomic mass is 10.1. The predicted molar refractivity (Wildman–Crippen MR) is 132 cm³/mol. The number of aromatic nitrogens is 3. The van der Waals surface area contributed by atoms with Crippen LogP contribution in [0.2, 0.25) is 0 Å². The second kappa shape index (κ2) is 9.30. The van der Waals surface area contributed by atoms with Gasteiger partial charge in [-0.05, 0) is 43.0 Å². The van der Waals surface area contributed by atoms with Crippen molar-refractivity contribution in [2.24, 2.45) is 0 Å². The number of nitrogens with two attached hydrogens (primary N) is 1. The molecule has 1 aliphatic carbocycles. The highest BCUT2D eigenvalue weighted by atomic mass is 19.4. The van der Waals surface area contributed by atoms with Crippen LogP contribution in [0.1, 0.15) is 28.8 Å². The lowest BCUT2D eigenvalue weighted by Crippen LogP contribution is -2.16. The number of carbonyl (C=O) groups is 1. The molecule has 0 fully saturated rings. The van der Waals surface area contributed by atoms with Gasteiger partial charge in [0.1, 0.15) is 23.3 Å². The van der Waals surface area contributed by atoms with Crippen molar-refractivity contribution in [1.29, 1.82) is 0 Å². The van der Waals surface area contributed by atoms with Gasteiger partial charge in [0.05, 0.1) is 31.7 Å². The summed E-state index contributed by atoms with van der Waals surface area (Å²) in [4.78, 5) is 21.4. The van der Waals surface area contributed by atoms with Gasteiger partial charge in [-0.25, -0.2) is 9.97 Å². The van der Waals surface area contributed by atoms with Crippen LogP contribution in [0.3, 0.4) is 0 Å². The zero-order chi connectivity index (χ0) is 26.3. The van der Waals surface area contributed by atoms with E-state index in [1.165, 1.54) is 26.6 Å². The minimum atomic E-state index is -4.58. The first-order valence-corrected chi connectivity index (χ1v) is 11.6. The number of nitrogens with zero attached hydrogens (tertiary/aromatic N) is 3. The lowest BCUT2D eigenvalue weighted by molar-refractivity contribution is -0.137. The zero-order valence-electron chi connectivity index (χ0n) is 20.1. The SMILES string of the molecule is COc1cc(NC(=O)Cc2ccc(-n3c4c(c5ncnc(N)c53)CCC4)cc2OC)cc(C(F)(F)F)c1. The number of nitrogen functional groups attached to an aromatic ring is 1. The third-order valence-corrected chi connectivity index (χ3v) is 6.45. The largest absolute Gasteiger partial charge is 0.497 e. The number of aryl methyl sites for hydroxylation is 1. The maximum atomic E-state index is 13.2. The predicted octanol–water partition coefficient (Wildman–Crippen LogP) is 4.71. The molecule has 0 atom stereocenters. The molecule has 8 nitrogen and oxygen atoms in total. The van der Waals surface area contributed by atoms with Gasteiger partial charge in [0, 0.05) is 34.8 Å². The smallest absolute Gasteiger partial charge is 0.416 e. The van der Waals surface area contributed by atoms with Crippen LogP contribution in [0.15, 0.2) is 42.7 Å². The highest BCUT2D eigenvalue weighted by Gasteiger charge is 2.32. The molecule has 3 N–H and O–H groups in total. The molecule has 0 bridgehead atoms. The van der Waals surface area contributed by atoms with Crippen molar-refractivity contribution >= 4 is 28.4 Å². The van der Waals surface area contributed by atoms with Crippen LogP contribution in [0, 0.1) is 0 Å². The first-order valence-electron chi connectivity index (χ1n) is 11.6. The number of carbonyl (C=O) groups excluding carboxylic acids is 1. The average molecular weight is 512 g/mol. The Hall–Kier alpha value is -4.28. The standard InChI is InChI=1S/C26H24F3N5O3/c1-36-18-10-15(26(27,28)29)9-16(11-18)33-22(35)8-14-6-7-17(12-21(14)37-2)34-20-5-3-4-19(20)23-24(34)25(30)32-13-31-23/h6-7,9-13H,3-5,8H2,1-2H3,(H,33,35)(H2,30,31,32). The maximum absolute atomic E-state index is 13.2. The fraction of sp³-hybridized carbons (Fsp3) is 0.269. The number of nitrogens with one attached hydrogen (secondary N) is 1. The van der Waals surface area contributed by atoms with E-state index in [1.807, 2.05) is 10.6 Å². The summed E-state index contributed by atoms with van der Waals surface area (Å²) in [6.07, 6.45) is -0.436.